The quantitative estimate of drug-likeness (QED) is 0.262. The average Bonchev–Trinajstić information content (AvgIpc) is 3.59. The van der Waals surface area contributed by atoms with Gasteiger partial charge < -0.3 is 15.8 Å². The molecular formula is C28H26Cl2N6O3. The normalized spacial score (nSPS) is 13.3. The predicted molar refractivity (Wildman–Crippen MR) is 151 cm³/mol. The Hall–Kier alpha value is -4.08. The van der Waals surface area contributed by atoms with Crippen LogP contribution < -0.4 is 20.7 Å². The van der Waals surface area contributed by atoms with E-state index in [2.05, 4.69) is 10.3 Å². The van der Waals surface area contributed by atoms with Crippen LogP contribution in [0, 0.1) is 0 Å². The van der Waals surface area contributed by atoms with E-state index in [0.717, 1.165) is 31.4 Å². The number of halogens is 2. The summed E-state index contributed by atoms with van der Waals surface area (Å²) >= 11 is 12.6. The molecule has 0 saturated heterocycles. The maximum Gasteiger partial charge on any atom is 0.325 e. The summed E-state index contributed by atoms with van der Waals surface area (Å²) in [6.07, 6.45) is 5.84. The lowest BCUT2D eigenvalue weighted by Gasteiger charge is -2.22. The maximum absolute atomic E-state index is 12.8. The third-order valence-corrected chi connectivity index (χ3v) is 6.98. The second-order valence-electron chi connectivity index (χ2n) is 9.17. The molecular weight excluding hydrogens is 539 g/mol. The molecule has 0 unspecified atom stereocenters. The number of primary amides is 1. The number of carbonyl (C=O) groups excluding carboxylic acids is 2. The summed E-state index contributed by atoms with van der Waals surface area (Å²) in [5, 5.41) is 8.29. The van der Waals surface area contributed by atoms with Crippen LogP contribution in [0.15, 0.2) is 66.9 Å². The van der Waals surface area contributed by atoms with Crippen molar-refractivity contribution >= 4 is 46.6 Å². The summed E-state index contributed by atoms with van der Waals surface area (Å²) in [4.78, 5) is 30.2. The molecule has 1 fully saturated rings. The van der Waals surface area contributed by atoms with Crippen LogP contribution in [0.1, 0.15) is 47.8 Å². The van der Waals surface area contributed by atoms with E-state index in [1.165, 1.54) is 18.1 Å². The van der Waals surface area contributed by atoms with Gasteiger partial charge in [-0.15, -0.1) is 0 Å². The standard InChI is InChI=1S/C28H26Cl2N6O3/c1-32-27(37)25-15-23(10-11-33-25)39-22-8-6-20(7-9-22)35(28(31)38)26-16-24(17-4-2-3-5-17)34-36(26)21-13-18(29)12-19(30)14-21/h6-17H,2-5H2,1H3,(H2,31,38)(H,32,37). The minimum absolute atomic E-state index is 0.235. The highest BCUT2D eigenvalue weighted by atomic mass is 35.5. The van der Waals surface area contributed by atoms with Gasteiger partial charge in [0.1, 0.15) is 23.0 Å². The first-order valence-corrected chi connectivity index (χ1v) is 13.2. The van der Waals surface area contributed by atoms with Crippen molar-refractivity contribution in [3.05, 3.63) is 88.3 Å². The molecule has 4 aromatic rings. The summed E-state index contributed by atoms with van der Waals surface area (Å²) in [6.45, 7) is 0. The molecule has 11 heteroatoms. The summed E-state index contributed by atoms with van der Waals surface area (Å²) < 4.78 is 7.55. The molecule has 3 N–H and O–H groups in total. The fourth-order valence-corrected chi connectivity index (χ4v) is 5.23. The van der Waals surface area contributed by atoms with E-state index < -0.39 is 6.03 Å². The number of ether oxygens (including phenoxy) is 1. The summed E-state index contributed by atoms with van der Waals surface area (Å²) in [7, 11) is 1.53. The minimum atomic E-state index is -0.680. The lowest BCUT2D eigenvalue weighted by molar-refractivity contribution is 0.0958. The Morgan fingerprint density at radius 2 is 1.69 bits per heavy atom. The fraction of sp³-hybridized carbons (Fsp3) is 0.214. The Balaban J connectivity index is 1.50. The Bertz CT molecular complexity index is 1500. The average molecular weight is 565 g/mol. The Morgan fingerprint density at radius 1 is 1.00 bits per heavy atom. The number of carbonyl (C=O) groups is 2. The van der Waals surface area contributed by atoms with Gasteiger partial charge in [0.25, 0.3) is 5.91 Å². The van der Waals surface area contributed by atoms with Crippen molar-refractivity contribution in [2.75, 3.05) is 11.9 Å². The Kier molecular flexibility index (Phi) is 7.72. The molecule has 5 rings (SSSR count). The Labute approximate surface area is 235 Å². The molecule has 0 aliphatic heterocycles. The molecule has 0 radical (unpaired) electrons. The summed E-state index contributed by atoms with van der Waals surface area (Å²) in [6, 6.07) is 16.4. The van der Waals surface area contributed by atoms with Crippen molar-refractivity contribution in [3.63, 3.8) is 0 Å². The largest absolute Gasteiger partial charge is 0.457 e. The minimum Gasteiger partial charge on any atom is -0.457 e. The molecule has 1 aliphatic carbocycles. The van der Waals surface area contributed by atoms with E-state index in [1.54, 1.807) is 59.3 Å². The van der Waals surface area contributed by atoms with Crippen LogP contribution in [0.5, 0.6) is 11.5 Å². The Morgan fingerprint density at radius 3 is 2.33 bits per heavy atom. The smallest absolute Gasteiger partial charge is 0.325 e. The lowest BCUT2D eigenvalue weighted by atomic mass is 10.0. The number of aromatic nitrogens is 3. The maximum atomic E-state index is 12.8. The molecule has 0 atom stereocenters. The van der Waals surface area contributed by atoms with Gasteiger partial charge in [-0.1, -0.05) is 36.0 Å². The number of hydrogen-bond donors (Lipinski definition) is 2. The van der Waals surface area contributed by atoms with Crippen molar-refractivity contribution in [1.29, 1.82) is 0 Å². The lowest BCUT2D eigenvalue weighted by Crippen LogP contribution is -2.33. The zero-order chi connectivity index (χ0) is 27.5. The fourth-order valence-electron chi connectivity index (χ4n) is 4.72. The van der Waals surface area contributed by atoms with Crippen LogP contribution in [0.4, 0.5) is 16.3 Å². The highest BCUT2D eigenvalue weighted by molar-refractivity contribution is 6.34. The van der Waals surface area contributed by atoms with Gasteiger partial charge in [0.2, 0.25) is 0 Å². The third-order valence-electron chi connectivity index (χ3n) is 6.55. The van der Waals surface area contributed by atoms with Gasteiger partial charge >= 0.3 is 6.03 Å². The first-order chi connectivity index (χ1) is 18.8. The van der Waals surface area contributed by atoms with Gasteiger partial charge in [0.15, 0.2) is 0 Å². The van der Waals surface area contributed by atoms with Crippen LogP contribution in [0.3, 0.4) is 0 Å². The van der Waals surface area contributed by atoms with Gasteiger partial charge in [-0.3, -0.25) is 9.78 Å². The third kappa shape index (κ3) is 5.84. The molecule has 1 aliphatic rings. The predicted octanol–water partition coefficient (Wildman–Crippen LogP) is 6.60. The molecule has 2 heterocycles. The van der Waals surface area contributed by atoms with Gasteiger partial charge in [-0.05, 0) is 61.4 Å². The van der Waals surface area contributed by atoms with Crippen molar-refractivity contribution in [3.8, 4) is 17.2 Å². The van der Waals surface area contributed by atoms with E-state index in [1.807, 2.05) is 6.07 Å². The number of amides is 3. The number of nitrogens with two attached hydrogens (primary N) is 1. The van der Waals surface area contributed by atoms with Crippen LogP contribution in [-0.2, 0) is 0 Å². The van der Waals surface area contributed by atoms with Gasteiger partial charge in [0, 0.05) is 41.3 Å². The van der Waals surface area contributed by atoms with Crippen molar-refractivity contribution in [2.24, 2.45) is 5.73 Å². The first kappa shape index (κ1) is 26.5. The monoisotopic (exact) mass is 564 g/mol. The van der Waals surface area contributed by atoms with Gasteiger partial charge in [-0.25, -0.2) is 14.4 Å². The van der Waals surface area contributed by atoms with Crippen LogP contribution in [0.25, 0.3) is 5.69 Å². The molecule has 3 amide bonds. The number of urea groups is 1. The van der Waals surface area contributed by atoms with Crippen LogP contribution >= 0.6 is 23.2 Å². The van der Waals surface area contributed by atoms with Crippen molar-refractivity contribution < 1.29 is 14.3 Å². The molecule has 0 spiro atoms. The molecule has 9 nitrogen and oxygen atoms in total. The van der Waals surface area contributed by atoms with E-state index >= 15 is 0 Å². The number of nitrogens with one attached hydrogen (secondary N) is 1. The number of rotatable bonds is 7. The number of anilines is 2. The molecule has 39 heavy (non-hydrogen) atoms. The second kappa shape index (κ2) is 11.3. The summed E-state index contributed by atoms with van der Waals surface area (Å²) in [5.74, 6) is 1.40. The van der Waals surface area contributed by atoms with E-state index in [4.69, 9.17) is 38.8 Å². The van der Waals surface area contributed by atoms with Gasteiger partial charge in [-0.2, -0.15) is 5.10 Å². The van der Waals surface area contributed by atoms with E-state index in [9.17, 15) is 9.59 Å². The molecule has 200 valence electrons. The SMILES string of the molecule is CNC(=O)c1cc(Oc2ccc(N(C(N)=O)c3cc(C4CCCC4)nn3-c3cc(Cl)cc(Cl)c3)cc2)ccn1. The topological polar surface area (TPSA) is 115 Å². The first-order valence-electron chi connectivity index (χ1n) is 12.4. The van der Waals surface area contributed by atoms with Crippen LogP contribution in [-0.4, -0.2) is 33.8 Å². The number of pyridine rings is 1. The zero-order valence-corrected chi connectivity index (χ0v) is 22.6. The van der Waals surface area contributed by atoms with E-state index in [0.29, 0.717) is 44.7 Å². The molecule has 2 aromatic heterocycles. The van der Waals surface area contributed by atoms with Crippen molar-refractivity contribution in [2.45, 2.75) is 31.6 Å². The molecule has 1 saturated carbocycles. The van der Waals surface area contributed by atoms with Gasteiger partial charge in [0.05, 0.1) is 17.1 Å². The summed E-state index contributed by atoms with van der Waals surface area (Å²) in [5.41, 5.74) is 8.16. The van der Waals surface area contributed by atoms with Crippen molar-refractivity contribution in [1.82, 2.24) is 20.1 Å². The zero-order valence-electron chi connectivity index (χ0n) is 21.1. The number of benzene rings is 2. The number of nitrogens with zero attached hydrogens (tertiary/aromatic N) is 4. The molecule has 2 aromatic carbocycles. The van der Waals surface area contributed by atoms with Crippen LogP contribution in [0.2, 0.25) is 10.0 Å². The highest BCUT2D eigenvalue weighted by Gasteiger charge is 2.27. The second-order valence-corrected chi connectivity index (χ2v) is 10.0. The van der Waals surface area contributed by atoms with E-state index in [-0.39, 0.29) is 11.6 Å². The molecule has 0 bridgehead atoms. The number of hydrogen-bond acceptors (Lipinski definition) is 5. The highest BCUT2D eigenvalue weighted by Crippen LogP contribution is 2.38.